The van der Waals surface area contributed by atoms with Crippen molar-refractivity contribution in [3.8, 4) is 5.75 Å². The number of halogens is 2. The van der Waals surface area contributed by atoms with Gasteiger partial charge in [-0.3, -0.25) is 14.6 Å². The normalized spacial score (nSPS) is 11.2. The second-order valence-electron chi connectivity index (χ2n) is 5.98. The number of carbonyl (C=O) groups excluding carboxylic acids is 1. The third kappa shape index (κ3) is 7.03. The Morgan fingerprint density at radius 2 is 1.94 bits per heavy atom. The number of aromatic nitrogens is 3. The summed E-state index contributed by atoms with van der Waals surface area (Å²) < 4.78 is 32.9. The lowest BCUT2D eigenvalue weighted by atomic mass is 10.3. The van der Waals surface area contributed by atoms with Gasteiger partial charge >= 0.3 is 0 Å². The van der Waals surface area contributed by atoms with E-state index < -0.39 is 10.0 Å². The maximum Gasteiger partial charge on any atom is 0.261 e. The zero-order valence-corrected chi connectivity index (χ0v) is 19.0. The second kappa shape index (κ2) is 10.7. The molecular weight excluding hydrogens is 485 g/mol. The molecule has 0 unspecified atom stereocenters. The van der Waals surface area contributed by atoms with E-state index in [1.807, 2.05) is 0 Å². The molecule has 1 heterocycles. The third-order valence-corrected chi connectivity index (χ3v) is 6.53. The average Bonchev–Trinajstić information content (AvgIpc) is 3.25. The van der Waals surface area contributed by atoms with Crippen molar-refractivity contribution < 1.29 is 17.9 Å². The van der Waals surface area contributed by atoms with Gasteiger partial charge in [0.05, 0.1) is 9.92 Å². The first-order valence-corrected chi connectivity index (χ1v) is 12.0. The van der Waals surface area contributed by atoms with Gasteiger partial charge in [-0.05, 0) is 42.5 Å². The van der Waals surface area contributed by atoms with Crippen molar-refractivity contribution in [2.75, 3.05) is 23.6 Å². The van der Waals surface area contributed by atoms with Gasteiger partial charge in [-0.1, -0.05) is 35.0 Å². The van der Waals surface area contributed by atoms with Crippen LogP contribution in [0.5, 0.6) is 5.75 Å². The maximum absolute atomic E-state index is 12.5. The number of aromatic amines is 1. The molecule has 2 aromatic carbocycles. The van der Waals surface area contributed by atoms with Gasteiger partial charge in [0.1, 0.15) is 12.1 Å². The molecule has 0 radical (unpaired) electrons. The minimum atomic E-state index is -3.86. The Balaban J connectivity index is 1.50. The highest BCUT2D eigenvalue weighted by molar-refractivity contribution is 7.99. The summed E-state index contributed by atoms with van der Waals surface area (Å²) in [7, 11) is -3.86. The standard InChI is InChI=1S/C18H17Cl2N5O4S2/c19-12-1-3-13(4-2-12)25-31(27,28)14-5-6-16(15(20)9-14)29-10-17(26)21-7-8-30-18-22-11-23-24-18/h1-6,9,11,25H,7-8,10H2,(H,21,26)(H,22,23,24). The number of rotatable bonds is 10. The van der Waals surface area contributed by atoms with E-state index in [9.17, 15) is 13.2 Å². The lowest BCUT2D eigenvalue weighted by molar-refractivity contribution is -0.122. The maximum atomic E-state index is 12.5. The summed E-state index contributed by atoms with van der Waals surface area (Å²) >= 11 is 13.4. The number of nitrogens with zero attached hydrogens (tertiary/aromatic N) is 2. The minimum absolute atomic E-state index is 0.0475. The van der Waals surface area contributed by atoms with Crippen molar-refractivity contribution in [1.82, 2.24) is 20.5 Å². The molecule has 0 aliphatic carbocycles. The van der Waals surface area contributed by atoms with Crippen LogP contribution in [0.1, 0.15) is 0 Å². The van der Waals surface area contributed by atoms with Crippen molar-refractivity contribution in [3.63, 3.8) is 0 Å². The predicted octanol–water partition coefficient (Wildman–Crippen LogP) is 3.20. The molecular formula is C18H17Cl2N5O4S2. The quantitative estimate of drug-likeness (QED) is 0.287. The Bertz CT molecular complexity index is 1130. The highest BCUT2D eigenvalue weighted by Crippen LogP contribution is 2.28. The fraction of sp³-hybridized carbons (Fsp3) is 0.167. The topological polar surface area (TPSA) is 126 Å². The number of nitrogens with one attached hydrogen (secondary N) is 3. The molecule has 3 aromatic rings. The van der Waals surface area contributed by atoms with E-state index >= 15 is 0 Å². The summed E-state index contributed by atoms with van der Waals surface area (Å²) in [5.74, 6) is 0.461. The van der Waals surface area contributed by atoms with Crippen LogP contribution in [0.25, 0.3) is 0 Å². The molecule has 0 aliphatic heterocycles. The van der Waals surface area contributed by atoms with Gasteiger partial charge < -0.3 is 10.1 Å². The number of hydrogen-bond donors (Lipinski definition) is 3. The third-order valence-electron chi connectivity index (χ3n) is 3.72. The Morgan fingerprint density at radius 3 is 2.61 bits per heavy atom. The highest BCUT2D eigenvalue weighted by Gasteiger charge is 2.17. The van der Waals surface area contributed by atoms with E-state index in [2.05, 4.69) is 25.2 Å². The van der Waals surface area contributed by atoms with E-state index in [1.165, 1.54) is 36.3 Å². The van der Waals surface area contributed by atoms with Crippen LogP contribution in [0.15, 0.2) is 58.8 Å². The molecule has 1 amide bonds. The zero-order chi connectivity index (χ0) is 22.3. The van der Waals surface area contributed by atoms with Gasteiger partial charge in [-0.25, -0.2) is 13.4 Å². The summed E-state index contributed by atoms with van der Waals surface area (Å²) in [6, 6.07) is 10.2. The second-order valence-corrected chi connectivity index (χ2v) is 9.59. The molecule has 9 nitrogen and oxygen atoms in total. The monoisotopic (exact) mass is 501 g/mol. The molecule has 0 fully saturated rings. The van der Waals surface area contributed by atoms with Gasteiger partial charge in [-0.15, -0.1) is 0 Å². The van der Waals surface area contributed by atoms with Gasteiger partial charge in [0.15, 0.2) is 11.8 Å². The van der Waals surface area contributed by atoms with Gasteiger partial charge in [0.2, 0.25) is 0 Å². The largest absolute Gasteiger partial charge is 0.482 e. The predicted molar refractivity (Wildman–Crippen MR) is 119 cm³/mol. The van der Waals surface area contributed by atoms with E-state index in [4.69, 9.17) is 27.9 Å². The van der Waals surface area contributed by atoms with Crippen LogP contribution in [0.4, 0.5) is 5.69 Å². The number of carbonyl (C=O) groups is 1. The number of H-pyrrole nitrogens is 1. The number of sulfonamides is 1. The van der Waals surface area contributed by atoms with Crippen LogP contribution in [-0.4, -0.2) is 48.4 Å². The molecule has 164 valence electrons. The van der Waals surface area contributed by atoms with Gasteiger partial charge in [0, 0.05) is 23.0 Å². The number of hydrogen-bond acceptors (Lipinski definition) is 7. The van der Waals surface area contributed by atoms with Crippen molar-refractivity contribution in [1.29, 1.82) is 0 Å². The van der Waals surface area contributed by atoms with Crippen molar-refractivity contribution in [2.45, 2.75) is 10.1 Å². The molecule has 0 atom stereocenters. The fourth-order valence-corrected chi connectivity index (χ4v) is 4.44. The molecule has 1 aromatic heterocycles. The summed E-state index contributed by atoms with van der Waals surface area (Å²) in [5, 5.41) is 10.4. The fourth-order valence-electron chi connectivity index (χ4n) is 2.29. The summed E-state index contributed by atoms with van der Waals surface area (Å²) in [6.45, 7) is 0.149. The molecule has 0 spiro atoms. The lowest BCUT2D eigenvalue weighted by Gasteiger charge is -2.11. The number of benzene rings is 2. The average molecular weight is 502 g/mol. The number of thioether (sulfide) groups is 1. The molecule has 3 rings (SSSR count). The number of amides is 1. The highest BCUT2D eigenvalue weighted by atomic mass is 35.5. The Labute approximate surface area is 192 Å². The zero-order valence-electron chi connectivity index (χ0n) is 15.8. The first-order chi connectivity index (χ1) is 14.8. The lowest BCUT2D eigenvalue weighted by Crippen LogP contribution is -2.30. The summed E-state index contributed by atoms with van der Waals surface area (Å²) in [5.41, 5.74) is 0.360. The van der Waals surface area contributed by atoms with Crippen LogP contribution in [-0.2, 0) is 14.8 Å². The van der Waals surface area contributed by atoms with Gasteiger partial charge in [-0.2, -0.15) is 5.10 Å². The minimum Gasteiger partial charge on any atom is -0.482 e. The molecule has 0 saturated heterocycles. The van der Waals surface area contributed by atoms with E-state index in [-0.39, 0.29) is 28.2 Å². The van der Waals surface area contributed by atoms with Crippen LogP contribution >= 0.6 is 35.0 Å². The van der Waals surface area contributed by atoms with E-state index in [0.717, 1.165) is 0 Å². The van der Waals surface area contributed by atoms with Crippen LogP contribution in [0.2, 0.25) is 10.0 Å². The Morgan fingerprint density at radius 1 is 1.16 bits per heavy atom. The molecule has 31 heavy (non-hydrogen) atoms. The van der Waals surface area contributed by atoms with E-state index in [1.54, 1.807) is 24.3 Å². The molecule has 13 heteroatoms. The first kappa shape index (κ1) is 23.2. The Kier molecular flexibility index (Phi) is 8.02. The van der Waals surface area contributed by atoms with Crippen LogP contribution < -0.4 is 14.8 Å². The molecule has 0 saturated carbocycles. The molecule has 0 bridgehead atoms. The summed E-state index contributed by atoms with van der Waals surface area (Å²) in [4.78, 5) is 15.8. The van der Waals surface area contributed by atoms with Gasteiger partial charge in [0.25, 0.3) is 15.9 Å². The van der Waals surface area contributed by atoms with Crippen LogP contribution in [0.3, 0.4) is 0 Å². The number of anilines is 1. The molecule has 0 aliphatic rings. The SMILES string of the molecule is O=C(COc1ccc(S(=O)(=O)Nc2ccc(Cl)cc2)cc1Cl)NCCSc1ncn[nH]1. The Hall–Kier alpha value is -2.47. The first-order valence-electron chi connectivity index (χ1n) is 8.79. The van der Waals surface area contributed by atoms with Crippen LogP contribution in [0, 0.1) is 0 Å². The van der Waals surface area contributed by atoms with Crippen molar-refractivity contribution in [2.24, 2.45) is 0 Å². The van der Waals surface area contributed by atoms with Crippen molar-refractivity contribution in [3.05, 3.63) is 58.8 Å². The van der Waals surface area contributed by atoms with Crippen molar-refractivity contribution >= 4 is 56.6 Å². The number of ether oxygens (including phenoxy) is 1. The smallest absolute Gasteiger partial charge is 0.261 e. The summed E-state index contributed by atoms with van der Waals surface area (Å²) in [6.07, 6.45) is 1.41. The van der Waals surface area contributed by atoms with E-state index in [0.29, 0.717) is 28.2 Å². The molecule has 3 N–H and O–H groups in total.